The van der Waals surface area contributed by atoms with Gasteiger partial charge in [0.25, 0.3) is 0 Å². The SMILES string of the molecule is Cc1nc(Cl)cc(-n2nc(C)nc2Cc2ccccc2)n1. The maximum Gasteiger partial charge on any atom is 0.160 e. The van der Waals surface area contributed by atoms with E-state index in [2.05, 4.69) is 32.2 Å². The summed E-state index contributed by atoms with van der Waals surface area (Å²) in [4.78, 5) is 12.9. The normalized spacial score (nSPS) is 10.8. The second kappa shape index (κ2) is 5.61. The highest BCUT2D eigenvalue weighted by atomic mass is 35.5. The summed E-state index contributed by atoms with van der Waals surface area (Å²) in [6, 6.07) is 11.8. The topological polar surface area (TPSA) is 56.5 Å². The van der Waals surface area contributed by atoms with E-state index in [0.717, 1.165) is 5.82 Å². The molecule has 1 aromatic carbocycles. The Hall–Kier alpha value is -2.27. The third kappa shape index (κ3) is 3.08. The summed E-state index contributed by atoms with van der Waals surface area (Å²) in [7, 11) is 0. The molecule has 0 radical (unpaired) electrons. The Morgan fingerprint density at radius 3 is 2.48 bits per heavy atom. The lowest BCUT2D eigenvalue weighted by Crippen LogP contribution is -2.07. The number of rotatable bonds is 3. The molecule has 3 aromatic rings. The average molecular weight is 300 g/mol. The zero-order valence-corrected chi connectivity index (χ0v) is 12.5. The molecule has 0 aliphatic rings. The quantitative estimate of drug-likeness (QED) is 0.698. The predicted octanol–water partition coefficient (Wildman–Crippen LogP) is 2.92. The predicted molar refractivity (Wildman–Crippen MR) is 80.7 cm³/mol. The van der Waals surface area contributed by atoms with Crippen LogP contribution in [-0.4, -0.2) is 24.7 Å². The van der Waals surface area contributed by atoms with Gasteiger partial charge in [-0.25, -0.2) is 15.0 Å². The maximum absolute atomic E-state index is 6.01. The molecule has 0 aliphatic heterocycles. The van der Waals surface area contributed by atoms with Crippen LogP contribution in [0.5, 0.6) is 0 Å². The van der Waals surface area contributed by atoms with Crippen LogP contribution in [-0.2, 0) is 6.42 Å². The van der Waals surface area contributed by atoms with Crippen molar-refractivity contribution in [3.05, 3.63) is 64.6 Å². The highest BCUT2D eigenvalue weighted by molar-refractivity contribution is 6.29. The third-order valence-corrected chi connectivity index (χ3v) is 3.19. The van der Waals surface area contributed by atoms with Gasteiger partial charge in [-0.3, -0.25) is 0 Å². The van der Waals surface area contributed by atoms with E-state index in [0.29, 0.717) is 29.0 Å². The van der Waals surface area contributed by atoms with Crippen LogP contribution in [0.3, 0.4) is 0 Å². The summed E-state index contributed by atoms with van der Waals surface area (Å²) < 4.78 is 1.73. The van der Waals surface area contributed by atoms with Crippen molar-refractivity contribution >= 4 is 11.6 Å². The van der Waals surface area contributed by atoms with Gasteiger partial charge in [0.05, 0.1) is 0 Å². The first kappa shape index (κ1) is 13.7. The van der Waals surface area contributed by atoms with Gasteiger partial charge in [0.15, 0.2) is 5.82 Å². The van der Waals surface area contributed by atoms with Crippen LogP contribution >= 0.6 is 11.6 Å². The van der Waals surface area contributed by atoms with Crippen LogP contribution in [0, 0.1) is 13.8 Å². The molecule has 0 N–H and O–H groups in total. The van der Waals surface area contributed by atoms with Crippen molar-refractivity contribution < 1.29 is 0 Å². The van der Waals surface area contributed by atoms with E-state index in [9.17, 15) is 0 Å². The fourth-order valence-corrected chi connectivity index (χ4v) is 2.38. The Bertz CT molecular complexity index is 747. The second-order valence-electron chi connectivity index (χ2n) is 4.75. The molecule has 0 aliphatic carbocycles. The Labute approximate surface area is 127 Å². The first-order chi connectivity index (χ1) is 10.1. The first-order valence-corrected chi connectivity index (χ1v) is 6.97. The molecule has 106 valence electrons. The summed E-state index contributed by atoms with van der Waals surface area (Å²) in [6.07, 6.45) is 0.683. The molecule has 0 saturated heterocycles. The van der Waals surface area contributed by atoms with Crippen molar-refractivity contribution in [2.75, 3.05) is 0 Å². The van der Waals surface area contributed by atoms with Crippen molar-refractivity contribution in [1.29, 1.82) is 0 Å². The molecule has 21 heavy (non-hydrogen) atoms. The molecule has 6 heteroatoms. The summed E-state index contributed by atoms with van der Waals surface area (Å²) in [5.41, 5.74) is 1.17. The van der Waals surface area contributed by atoms with Gasteiger partial charge in [0.2, 0.25) is 0 Å². The van der Waals surface area contributed by atoms with Crippen LogP contribution in [0.1, 0.15) is 23.0 Å². The molecule has 0 unspecified atom stereocenters. The molecule has 2 aromatic heterocycles. The van der Waals surface area contributed by atoms with E-state index < -0.39 is 0 Å². The third-order valence-electron chi connectivity index (χ3n) is 3.00. The first-order valence-electron chi connectivity index (χ1n) is 6.60. The standard InChI is InChI=1S/C15H14ClN5/c1-10-17-13(16)9-15(18-10)21-14(19-11(2)20-21)8-12-6-4-3-5-7-12/h3-7,9H,8H2,1-2H3. The number of halogens is 1. The van der Waals surface area contributed by atoms with Crippen molar-refractivity contribution in [3.8, 4) is 5.82 Å². The van der Waals surface area contributed by atoms with Crippen LogP contribution in [0.15, 0.2) is 36.4 Å². The number of aromatic nitrogens is 5. The van der Waals surface area contributed by atoms with Crippen LogP contribution < -0.4 is 0 Å². The monoisotopic (exact) mass is 299 g/mol. The van der Waals surface area contributed by atoms with E-state index in [-0.39, 0.29) is 0 Å². The fraction of sp³-hybridized carbons (Fsp3) is 0.200. The zero-order valence-electron chi connectivity index (χ0n) is 11.8. The van der Waals surface area contributed by atoms with Gasteiger partial charge in [-0.1, -0.05) is 41.9 Å². The number of nitrogens with zero attached hydrogens (tertiary/aromatic N) is 5. The van der Waals surface area contributed by atoms with Crippen LogP contribution in [0.4, 0.5) is 0 Å². The Morgan fingerprint density at radius 1 is 1.00 bits per heavy atom. The molecule has 5 nitrogen and oxygen atoms in total. The van der Waals surface area contributed by atoms with E-state index in [4.69, 9.17) is 11.6 Å². The lowest BCUT2D eigenvalue weighted by molar-refractivity contribution is 0.772. The molecule has 0 amide bonds. The van der Waals surface area contributed by atoms with Gasteiger partial charge in [-0.2, -0.15) is 4.68 Å². The molecular weight excluding hydrogens is 286 g/mol. The summed E-state index contributed by atoms with van der Waals surface area (Å²) in [5.74, 6) is 2.77. The minimum absolute atomic E-state index is 0.399. The lowest BCUT2D eigenvalue weighted by Gasteiger charge is -2.06. The average Bonchev–Trinajstić information content (AvgIpc) is 2.80. The Kier molecular flexibility index (Phi) is 3.66. The Balaban J connectivity index is 2.03. The van der Waals surface area contributed by atoms with Crippen LogP contribution in [0.2, 0.25) is 5.15 Å². The van der Waals surface area contributed by atoms with Crippen molar-refractivity contribution in [1.82, 2.24) is 24.7 Å². The molecular formula is C15H14ClN5. The molecule has 3 rings (SSSR count). The number of hydrogen-bond donors (Lipinski definition) is 0. The van der Waals surface area contributed by atoms with Gasteiger partial charge in [0.1, 0.15) is 22.6 Å². The fourth-order valence-electron chi connectivity index (χ4n) is 2.16. The van der Waals surface area contributed by atoms with Crippen molar-refractivity contribution in [3.63, 3.8) is 0 Å². The lowest BCUT2D eigenvalue weighted by atomic mass is 10.1. The van der Waals surface area contributed by atoms with Crippen molar-refractivity contribution in [2.45, 2.75) is 20.3 Å². The summed E-state index contributed by atoms with van der Waals surface area (Å²) in [6.45, 7) is 3.66. The molecule has 0 bridgehead atoms. The van der Waals surface area contributed by atoms with Gasteiger partial charge in [-0.05, 0) is 19.4 Å². The van der Waals surface area contributed by atoms with E-state index >= 15 is 0 Å². The van der Waals surface area contributed by atoms with Gasteiger partial charge in [-0.15, -0.1) is 5.10 Å². The molecule has 0 spiro atoms. The minimum Gasteiger partial charge on any atom is -0.221 e. The smallest absolute Gasteiger partial charge is 0.160 e. The largest absolute Gasteiger partial charge is 0.221 e. The van der Waals surface area contributed by atoms with Crippen LogP contribution in [0.25, 0.3) is 5.82 Å². The van der Waals surface area contributed by atoms with Gasteiger partial charge in [0, 0.05) is 12.5 Å². The maximum atomic E-state index is 6.01. The minimum atomic E-state index is 0.399. The Morgan fingerprint density at radius 2 is 1.76 bits per heavy atom. The highest BCUT2D eigenvalue weighted by Crippen LogP contribution is 2.15. The van der Waals surface area contributed by atoms with E-state index in [1.165, 1.54) is 5.56 Å². The highest BCUT2D eigenvalue weighted by Gasteiger charge is 2.12. The summed E-state index contributed by atoms with van der Waals surface area (Å²) >= 11 is 6.01. The van der Waals surface area contributed by atoms with E-state index in [1.807, 2.05) is 25.1 Å². The van der Waals surface area contributed by atoms with Gasteiger partial charge >= 0.3 is 0 Å². The second-order valence-corrected chi connectivity index (χ2v) is 5.13. The number of hydrogen-bond acceptors (Lipinski definition) is 4. The molecule has 0 atom stereocenters. The molecule has 0 fully saturated rings. The van der Waals surface area contributed by atoms with Crippen molar-refractivity contribution in [2.24, 2.45) is 0 Å². The summed E-state index contributed by atoms with van der Waals surface area (Å²) in [5, 5.41) is 4.82. The molecule has 2 heterocycles. The number of aryl methyl sites for hydroxylation is 2. The van der Waals surface area contributed by atoms with Gasteiger partial charge < -0.3 is 0 Å². The van der Waals surface area contributed by atoms with E-state index in [1.54, 1.807) is 17.7 Å². The molecule has 0 saturated carbocycles. The number of benzene rings is 1. The zero-order chi connectivity index (χ0) is 14.8.